The van der Waals surface area contributed by atoms with Gasteiger partial charge >= 0.3 is 6.03 Å². The van der Waals surface area contributed by atoms with E-state index in [0.717, 1.165) is 27.5 Å². The zero-order valence-electron chi connectivity index (χ0n) is 17.4. The van der Waals surface area contributed by atoms with Crippen LogP contribution in [0, 0.1) is 0 Å². The van der Waals surface area contributed by atoms with E-state index in [1.807, 2.05) is 19.1 Å². The molecule has 0 bridgehead atoms. The van der Waals surface area contributed by atoms with Crippen molar-refractivity contribution in [3.8, 4) is 5.75 Å². The van der Waals surface area contributed by atoms with E-state index >= 15 is 0 Å². The summed E-state index contributed by atoms with van der Waals surface area (Å²) in [5.74, 6) is -0.486. The molecule has 0 saturated carbocycles. The SMILES string of the molecule is C[C@H]1Cc2cc(C=C3C(=O)N(c4ccccc4)C(=O)N(c4ccccc4)C3=O)ccc2O1. The minimum atomic E-state index is -0.703. The number of hydrogen-bond donors (Lipinski definition) is 0. The molecule has 0 spiro atoms. The highest BCUT2D eigenvalue weighted by atomic mass is 16.5. The summed E-state index contributed by atoms with van der Waals surface area (Å²) in [4.78, 5) is 42.1. The second kappa shape index (κ2) is 7.81. The molecule has 2 heterocycles. The smallest absolute Gasteiger partial charge is 0.343 e. The van der Waals surface area contributed by atoms with Crippen molar-refractivity contribution in [1.82, 2.24) is 0 Å². The number of benzene rings is 3. The van der Waals surface area contributed by atoms with Crippen LogP contribution in [0.25, 0.3) is 6.08 Å². The lowest BCUT2D eigenvalue weighted by atomic mass is 10.0. The topological polar surface area (TPSA) is 66.9 Å². The molecule has 4 amide bonds. The maximum Gasteiger partial charge on any atom is 0.343 e. The molecule has 1 saturated heterocycles. The number of nitrogens with zero attached hydrogens (tertiary/aromatic N) is 2. The molecule has 158 valence electrons. The molecule has 6 heteroatoms. The molecule has 0 aromatic heterocycles. The first kappa shape index (κ1) is 19.8. The van der Waals surface area contributed by atoms with Gasteiger partial charge in [0.2, 0.25) is 0 Å². The van der Waals surface area contributed by atoms with Gasteiger partial charge in [-0.2, -0.15) is 0 Å². The fourth-order valence-corrected chi connectivity index (χ4v) is 4.04. The van der Waals surface area contributed by atoms with Gasteiger partial charge in [-0.05, 0) is 60.5 Å². The summed E-state index contributed by atoms with van der Waals surface area (Å²) in [6, 6.07) is 22.1. The lowest BCUT2D eigenvalue weighted by Crippen LogP contribution is -2.57. The highest BCUT2D eigenvalue weighted by Gasteiger charge is 2.43. The molecular formula is C26H20N2O4. The Morgan fingerprint density at radius 2 is 1.38 bits per heavy atom. The number of carbonyl (C=O) groups is 3. The van der Waals surface area contributed by atoms with Crippen molar-refractivity contribution < 1.29 is 19.1 Å². The number of fused-ring (bicyclic) bond motifs is 1. The average Bonchev–Trinajstić information content (AvgIpc) is 3.17. The molecule has 0 aliphatic carbocycles. The number of amides is 4. The highest BCUT2D eigenvalue weighted by Crippen LogP contribution is 2.32. The zero-order valence-corrected chi connectivity index (χ0v) is 17.4. The molecule has 5 rings (SSSR count). The highest BCUT2D eigenvalue weighted by molar-refractivity contribution is 6.46. The fourth-order valence-electron chi connectivity index (χ4n) is 4.04. The number of hydrogen-bond acceptors (Lipinski definition) is 4. The van der Waals surface area contributed by atoms with Crippen LogP contribution in [0.3, 0.4) is 0 Å². The van der Waals surface area contributed by atoms with Crippen LogP contribution in [0.15, 0.2) is 84.4 Å². The Labute approximate surface area is 185 Å². The van der Waals surface area contributed by atoms with Gasteiger partial charge in [0.05, 0.1) is 11.4 Å². The van der Waals surface area contributed by atoms with Gasteiger partial charge in [0.1, 0.15) is 17.4 Å². The largest absolute Gasteiger partial charge is 0.490 e. The third-order valence-corrected chi connectivity index (χ3v) is 5.51. The van der Waals surface area contributed by atoms with Crippen LogP contribution in [0.5, 0.6) is 5.75 Å². The third kappa shape index (κ3) is 3.36. The van der Waals surface area contributed by atoms with Gasteiger partial charge in [-0.1, -0.05) is 42.5 Å². The number of anilines is 2. The van der Waals surface area contributed by atoms with Crippen molar-refractivity contribution >= 4 is 35.3 Å². The molecule has 3 aromatic carbocycles. The number of carbonyl (C=O) groups excluding carboxylic acids is 3. The number of ether oxygens (including phenoxy) is 1. The van der Waals surface area contributed by atoms with E-state index in [2.05, 4.69) is 0 Å². The second-order valence-corrected chi connectivity index (χ2v) is 7.79. The summed E-state index contributed by atoms with van der Waals surface area (Å²) >= 11 is 0. The summed E-state index contributed by atoms with van der Waals surface area (Å²) in [6.45, 7) is 1.99. The lowest BCUT2D eigenvalue weighted by molar-refractivity contribution is -0.121. The molecule has 32 heavy (non-hydrogen) atoms. The summed E-state index contributed by atoms with van der Waals surface area (Å²) < 4.78 is 5.74. The Hall–Kier alpha value is -4.19. The first-order valence-electron chi connectivity index (χ1n) is 10.4. The van der Waals surface area contributed by atoms with Crippen molar-refractivity contribution in [2.75, 3.05) is 9.80 Å². The normalized spacial score (nSPS) is 18.0. The van der Waals surface area contributed by atoms with Gasteiger partial charge < -0.3 is 4.74 Å². The summed E-state index contributed by atoms with van der Waals surface area (Å²) in [6.07, 6.45) is 2.40. The summed E-state index contributed by atoms with van der Waals surface area (Å²) in [5.41, 5.74) is 2.45. The van der Waals surface area contributed by atoms with Gasteiger partial charge in [0.15, 0.2) is 0 Å². The van der Waals surface area contributed by atoms with Gasteiger partial charge in [0.25, 0.3) is 11.8 Å². The van der Waals surface area contributed by atoms with Crippen molar-refractivity contribution in [3.63, 3.8) is 0 Å². The standard InChI is InChI=1S/C26H20N2O4/c1-17-14-19-15-18(12-13-23(19)32-17)16-22-24(29)27(20-8-4-2-5-9-20)26(31)28(25(22)30)21-10-6-3-7-11-21/h2-13,15-17H,14H2,1H3/t17-/m0/s1. The van der Waals surface area contributed by atoms with E-state index in [-0.39, 0.29) is 11.7 Å². The monoisotopic (exact) mass is 424 g/mol. The predicted molar refractivity (Wildman–Crippen MR) is 121 cm³/mol. The van der Waals surface area contributed by atoms with Crippen LogP contribution < -0.4 is 14.5 Å². The molecule has 2 aliphatic rings. The van der Waals surface area contributed by atoms with E-state index in [9.17, 15) is 14.4 Å². The van der Waals surface area contributed by atoms with Crippen molar-refractivity contribution in [3.05, 3.63) is 95.6 Å². The first-order valence-corrected chi connectivity index (χ1v) is 10.4. The maximum atomic E-state index is 13.4. The Balaban J connectivity index is 1.62. The van der Waals surface area contributed by atoms with Crippen LogP contribution in [0.4, 0.5) is 16.2 Å². The molecule has 0 N–H and O–H groups in total. The molecule has 6 nitrogen and oxygen atoms in total. The average molecular weight is 424 g/mol. The zero-order chi connectivity index (χ0) is 22.2. The summed E-state index contributed by atoms with van der Waals surface area (Å²) in [7, 11) is 0. The van der Waals surface area contributed by atoms with Crippen molar-refractivity contribution in [2.45, 2.75) is 19.4 Å². The maximum absolute atomic E-state index is 13.4. The number of urea groups is 1. The summed E-state index contributed by atoms with van der Waals surface area (Å²) in [5, 5.41) is 0. The molecule has 0 unspecified atom stereocenters. The first-order chi connectivity index (χ1) is 15.5. The van der Waals surface area contributed by atoms with E-state index in [1.165, 1.54) is 0 Å². The minimum absolute atomic E-state index is 0.0794. The van der Waals surface area contributed by atoms with Crippen molar-refractivity contribution in [2.24, 2.45) is 0 Å². The fraction of sp³-hybridized carbons (Fsp3) is 0.115. The van der Waals surface area contributed by atoms with E-state index in [1.54, 1.807) is 72.8 Å². The number of para-hydroxylation sites is 2. The Kier molecular flexibility index (Phi) is 4.82. The predicted octanol–water partition coefficient (Wildman–Crippen LogP) is 4.59. The van der Waals surface area contributed by atoms with Gasteiger partial charge in [-0.3, -0.25) is 9.59 Å². The third-order valence-electron chi connectivity index (χ3n) is 5.51. The molecule has 0 radical (unpaired) electrons. The lowest BCUT2D eigenvalue weighted by Gasteiger charge is -2.33. The Morgan fingerprint density at radius 1 is 0.812 bits per heavy atom. The van der Waals surface area contributed by atoms with Gasteiger partial charge in [-0.25, -0.2) is 14.6 Å². The van der Waals surface area contributed by atoms with Crippen molar-refractivity contribution in [1.29, 1.82) is 0 Å². The Morgan fingerprint density at radius 3 is 1.94 bits per heavy atom. The van der Waals surface area contributed by atoms with Crippen LogP contribution in [0.1, 0.15) is 18.1 Å². The van der Waals surface area contributed by atoms with Crippen LogP contribution in [-0.4, -0.2) is 23.9 Å². The number of imide groups is 2. The minimum Gasteiger partial charge on any atom is -0.490 e. The van der Waals surface area contributed by atoms with E-state index < -0.39 is 17.8 Å². The van der Waals surface area contributed by atoms with Crippen LogP contribution >= 0.6 is 0 Å². The quantitative estimate of drug-likeness (QED) is 0.456. The van der Waals surface area contributed by atoms with E-state index in [0.29, 0.717) is 16.9 Å². The van der Waals surface area contributed by atoms with Crippen LogP contribution in [0.2, 0.25) is 0 Å². The van der Waals surface area contributed by atoms with Gasteiger partial charge in [-0.15, -0.1) is 0 Å². The molecule has 3 aromatic rings. The number of barbiturate groups is 1. The molecule has 2 aliphatic heterocycles. The molecular weight excluding hydrogens is 404 g/mol. The van der Waals surface area contributed by atoms with Crippen LogP contribution in [-0.2, 0) is 16.0 Å². The van der Waals surface area contributed by atoms with Gasteiger partial charge in [0, 0.05) is 6.42 Å². The number of rotatable bonds is 3. The molecule has 1 fully saturated rings. The Bertz CT molecular complexity index is 1190. The molecule has 1 atom stereocenters. The van der Waals surface area contributed by atoms with E-state index in [4.69, 9.17) is 4.74 Å². The second-order valence-electron chi connectivity index (χ2n) is 7.79.